The molecule has 3 aromatic carbocycles. The summed E-state index contributed by atoms with van der Waals surface area (Å²) >= 11 is 6.16. The summed E-state index contributed by atoms with van der Waals surface area (Å²) in [5.41, 5.74) is 5.14. The molecule has 0 radical (unpaired) electrons. The number of hydrogen-bond acceptors (Lipinski definition) is 6. The molecule has 4 rings (SSSR count). The van der Waals surface area contributed by atoms with Crippen LogP contribution in [0.2, 0.25) is 5.02 Å². The molecule has 0 aromatic heterocycles. The second-order valence-electron chi connectivity index (χ2n) is 9.23. The van der Waals surface area contributed by atoms with Crippen LogP contribution in [0.3, 0.4) is 0 Å². The number of nitrogens with zero attached hydrogens (tertiary/aromatic N) is 2. The zero-order chi connectivity index (χ0) is 28.1. The van der Waals surface area contributed by atoms with Gasteiger partial charge in [0, 0.05) is 47.7 Å². The molecule has 1 heterocycles. The Morgan fingerprint density at radius 1 is 0.923 bits per heavy atom. The normalized spacial score (nSPS) is 13.4. The Bertz CT molecular complexity index is 1420. The zero-order valence-electron chi connectivity index (χ0n) is 22.2. The van der Waals surface area contributed by atoms with Crippen molar-refractivity contribution < 1.29 is 19.1 Å². The van der Waals surface area contributed by atoms with Crippen molar-refractivity contribution in [3.05, 3.63) is 82.9 Å². The number of carbonyl (C=O) groups excluding carboxylic acids is 3. The number of nitrogens with one attached hydrogen (secondary N) is 3. The Kier molecular flexibility index (Phi) is 8.53. The van der Waals surface area contributed by atoms with Crippen molar-refractivity contribution in [1.29, 1.82) is 0 Å². The summed E-state index contributed by atoms with van der Waals surface area (Å²) in [6.07, 6.45) is -0.578. The van der Waals surface area contributed by atoms with E-state index >= 15 is 0 Å². The summed E-state index contributed by atoms with van der Waals surface area (Å²) < 4.78 is 4.66. The van der Waals surface area contributed by atoms with E-state index in [1.54, 1.807) is 54.3 Å². The van der Waals surface area contributed by atoms with Gasteiger partial charge in [-0.3, -0.25) is 14.9 Å². The van der Waals surface area contributed by atoms with Crippen LogP contribution in [0, 0.1) is 0 Å². The first-order valence-corrected chi connectivity index (χ1v) is 12.6. The van der Waals surface area contributed by atoms with E-state index in [1.807, 2.05) is 43.3 Å². The average Bonchev–Trinajstić information content (AvgIpc) is 3.22. The fourth-order valence-electron chi connectivity index (χ4n) is 4.20. The molecule has 0 atom stereocenters. The molecular formula is C29H30ClN5O4. The largest absolute Gasteiger partial charge is 0.453 e. The molecule has 0 fully saturated rings. The van der Waals surface area contributed by atoms with Gasteiger partial charge in [-0.15, -0.1) is 0 Å². The number of halogens is 1. The van der Waals surface area contributed by atoms with Crippen LogP contribution in [-0.2, 0) is 14.3 Å². The first-order chi connectivity index (χ1) is 18.7. The van der Waals surface area contributed by atoms with Crippen LogP contribution in [-0.4, -0.2) is 57.1 Å². The maximum absolute atomic E-state index is 13.2. The highest BCUT2D eigenvalue weighted by Gasteiger charge is 2.28. The zero-order valence-corrected chi connectivity index (χ0v) is 22.9. The molecule has 39 heavy (non-hydrogen) atoms. The number of methoxy groups -OCH3 is 1. The summed E-state index contributed by atoms with van der Waals surface area (Å²) in [7, 11) is 5.22. The van der Waals surface area contributed by atoms with Crippen molar-refractivity contribution in [2.75, 3.05) is 55.1 Å². The predicted octanol–water partition coefficient (Wildman–Crippen LogP) is 5.37. The molecule has 10 heteroatoms. The molecule has 0 unspecified atom stereocenters. The SMILES string of the molecule is COC(=O)Nc1ccc(/C(Nc2ccc(N(CCN(C)C)C(C)=O)cc2)=C2/C(=O)Nc3cc(Cl)ccc32)cc1. The van der Waals surface area contributed by atoms with Gasteiger partial charge < -0.3 is 25.2 Å². The first kappa shape index (κ1) is 27.7. The Balaban J connectivity index is 1.72. The van der Waals surface area contributed by atoms with Crippen LogP contribution >= 0.6 is 11.6 Å². The Hall–Kier alpha value is -4.34. The minimum Gasteiger partial charge on any atom is -0.453 e. The molecule has 0 bridgehead atoms. The minimum atomic E-state index is -0.578. The Morgan fingerprint density at radius 2 is 1.56 bits per heavy atom. The number of ether oxygens (including phenoxy) is 1. The van der Waals surface area contributed by atoms with E-state index in [9.17, 15) is 14.4 Å². The molecule has 1 aliphatic rings. The Morgan fingerprint density at radius 3 is 2.18 bits per heavy atom. The summed E-state index contributed by atoms with van der Waals surface area (Å²) in [6, 6.07) is 19.8. The third kappa shape index (κ3) is 6.57. The van der Waals surface area contributed by atoms with Crippen LogP contribution < -0.4 is 20.9 Å². The van der Waals surface area contributed by atoms with Crippen molar-refractivity contribution in [3.8, 4) is 0 Å². The number of anilines is 4. The average molecular weight is 548 g/mol. The summed E-state index contributed by atoms with van der Waals surface area (Å²) in [5, 5.41) is 9.43. The van der Waals surface area contributed by atoms with Gasteiger partial charge in [0.1, 0.15) is 0 Å². The molecule has 0 saturated heterocycles. The highest BCUT2D eigenvalue weighted by molar-refractivity contribution is 6.38. The molecule has 9 nitrogen and oxygen atoms in total. The van der Waals surface area contributed by atoms with E-state index in [-0.39, 0.29) is 11.8 Å². The number of benzene rings is 3. The van der Waals surface area contributed by atoms with Gasteiger partial charge in [0.25, 0.3) is 5.91 Å². The minimum absolute atomic E-state index is 0.0427. The van der Waals surface area contributed by atoms with E-state index in [2.05, 4.69) is 20.7 Å². The third-order valence-electron chi connectivity index (χ3n) is 6.18. The van der Waals surface area contributed by atoms with Crippen molar-refractivity contribution in [2.45, 2.75) is 6.92 Å². The summed E-state index contributed by atoms with van der Waals surface area (Å²) in [5.74, 6) is -0.312. The van der Waals surface area contributed by atoms with Gasteiger partial charge in [-0.05, 0) is 68.2 Å². The number of hydrogen-bond donors (Lipinski definition) is 3. The van der Waals surface area contributed by atoms with E-state index in [4.69, 9.17) is 11.6 Å². The molecule has 1 aliphatic heterocycles. The summed E-state index contributed by atoms with van der Waals surface area (Å²) in [4.78, 5) is 40.8. The molecule has 0 saturated carbocycles. The highest BCUT2D eigenvalue weighted by atomic mass is 35.5. The lowest BCUT2D eigenvalue weighted by atomic mass is 9.99. The topological polar surface area (TPSA) is 103 Å². The number of likely N-dealkylation sites (N-methyl/N-ethyl adjacent to an activating group) is 1. The van der Waals surface area contributed by atoms with Gasteiger partial charge in [-0.1, -0.05) is 29.8 Å². The summed E-state index contributed by atoms with van der Waals surface area (Å²) in [6.45, 7) is 2.84. The molecule has 3 amide bonds. The van der Waals surface area contributed by atoms with Crippen molar-refractivity contribution in [1.82, 2.24) is 4.90 Å². The first-order valence-electron chi connectivity index (χ1n) is 12.3. The standard InChI is InChI=1S/C29H30ClN5O4/c1-18(36)35(16-15-34(2)3)23-12-10-21(11-13-23)31-27(19-5-8-22(9-6-19)32-29(38)39-4)26-24-14-7-20(30)17-25(24)33-28(26)37/h5-14,17,31H,15-16H2,1-4H3,(H,32,38)(H,33,37)/b27-26-. The van der Waals surface area contributed by atoms with Crippen LogP contribution in [0.5, 0.6) is 0 Å². The molecule has 3 N–H and O–H groups in total. The van der Waals surface area contributed by atoms with Crippen LogP contribution in [0.1, 0.15) is 18.1 Å². The fourth-order valence-corrected chi connectivity index (χ4v) is 4.37. The maximum Gasteiger partial charge on any atom is 0.411 e. The van der Waals surface area contributed by atoms with Gasteiger partial charge in [0.05, 0.1) is 24.1 Å². The van der Waals surface area contributed by atoms with E-state index in [0.717, 1.165) is 23.5 Å². The monoisotopic (exact) mass is 547 g/mol. The van der Waals surface area contributed by atoms with Crippen molar-refractivity contribution in [3.63, 3.8) is 0 Å². The maximum atomic E-state index is 13.2. The number of carbonyl (C=O) groups is 3. The van der Waals surface area contributed by atoms with Gasteiger partial charge in [-0.2, -0.15) is 0 Å². The molecule has 3 aromatic rings. The van der Waals surface area contributed by atoms with Gasteiger partial charge in [-0.25, -0.2) is 4.79 Å². The lowest BCUT2D eigenvalue weighted by molar-refractivity contribution is -0.116. The molecular weight excluding hydrogens is 518 g/mol. The van der Waals surface area contributed by atoms with Gasteiger partial charge in [0.2, 0.25) is 5.91 Å². The van der Waals surface area contributed by atoms with E-state index < -0.39 is 6.09 Å². The highest BCUT2D eigenvalue weighted by Crippen LogP contribution is 2.39. The van der Waals surface area contributed by atoms with E-state index in [1.165, 1.54) is 7.11 Å². The molecule has 0 aliphatic carbocycles. The van der Waals surface area contributed by atoms with Crippen LogP contribution in [0.15, 0.2) is 66.7 Å². The quantitative estimate of drug-likeness (QED) is 0.328. The second-order valence-corrected chi connectivity index (χ2v) is 9.67. The fraction of sp³-hybridized carbons (Fsp3) is 0.207. The lowest BCUT2D eigenvalue weighted by Gasteiger charge is -2.23. The van der Waals surface area contributed by atoms with Crippen LogP contribution in [0.25, 0.3) is 11.3 Å². The van der Waals surface area contributed by atoms with Crippen molar-refractivity contribution in [2.24, 2.45) is 0 Å². The smallest absolute Gasteiger partial charge is 0.411 e. The van der Waals surface area contributed by atoms with Gasteiger partial charge >= 0.3 is 6.09 Å². The predicted molar refractivity (Wildman–Crippen MR) is 156 cm³/mol. The second kappa shape index (κ2) is 12.0. The van der Waals surface area contributed by atoms with Gasteiger partial charge in [0.15, 0.2) is 0 Å². The number of rotatable bonds is 8. The van der Waals surface area contributed by atoms with Crippen LogP contribution in [0.4, 0.5) is 27.5 Å². The van der Waals surface area contributed by atoms with E-state index in [0.29, 0.717) is 39.8 Å². The Labute approximate surface area is 232 Å². The number of amides is 3. The number of fused-ring (bicyclic) bond motifs is 1. The van der Waals surface area contributed by atoms with Crippen molar-refractivity contribution >= 4 is 63.5 Å². The lowest BCUT2D eigenvalue weighted by Crippen LogP contribution is -2.35. The third-order valence-corrected chi connectivity index (χ3v) is 6.42. The molecule has 202 valence electrons. The molecule has 0 spiro atoms.